The molecule has 0 saturated heterocycles. The predicted molar refractivity (Wildman–Crippen MR) is 56.8 cm³/mol. The lowest BCUT2D eigenvalue weighted by molar-refractivity contribution is -0.175. The fourth-order valence-corrected chi connectivity index (χ4v) is 0.833. The summed E-state index contributed by atoms with van der Waals surface area (Å²) in [4.78, 5) is 21.6. The van der Waals surface area contributed by atoms with Gasteiger partial charge in [0.25, 0.3) is 0 Å². The minimum absolute atomic E-state index is 0. The Morgan fingerprint density at radius 2 is 1.93 bits per heavy atom. The highest BCUT2D eigenvalue weighted by Gasteiger charge is 2.37. The number of hydrogen-bond donors (Lipinski definition) is 1. The average Bonchev–Trinajstić information content (AvgIpc) is 2.01. The van der Waals surface area contributed by atoms with E-state index < -0.39 is 17.5 Å². The van der Waals surface area contributed by atoms with Crippen molar-refractivity contribution in [3.05, 3.63) is 0 Å². The van der Waals surface area contributed by atoms with Crippen molar-refractivity contribution in [1.29, 1.82) is 0 Å². The number of carbonyl (C=O) groups is 2. The van der Waals surface area contributed by atoms with E-state index in [4.69, 9.17) is 0 Å². The summed E-state index contributed by atoms with van der Waals surface area (Å²) in [6.45, 7) is 6.05. The van der Waals surface area contributed by atoms with E-state index in [1.165, 1.54) is 6.92 Å². The highest BCUT2D eigenvalue weighted by molar-refractivity contribution is 5.89. The number of hydrogen-bond acceptors (Lipinski definition) is 4. The lowest BCUT2D eigenvalue weighted by atomic mass is 9.89. The molecular weight excluding hydrogens is 199 g/mol. The minimum Gasteiger partial charge on any atom is -0.391 e. The zero-order chi connectivity index (χ0) is 10.6. The van der Waals surface area contributed by atoms with E-state index in [0.717, 1.165) is 6.92 Å². The van der Waals surface area contributed by atoms with Gasteiger partial charge in [0, 0.05) is 6.92 Å². The van der Waals surface area contributed by atoms with Gasteiger partial charge in [-0.25, -0.2) is 4.79 Å². The Balaban J connectivity index is 0. The topological polar surface area (TPSA) is 63.6 Å². The standard InChI is InChI=1S/C9H16O4.Al.3H/c1-5-6(2)9(4,12)8(11)13-7(3)10;;;;/h6,12H,5H2,1-4H3;;;;. The van der Waals surface area contributed by atoms with Gasteiger partial charge >= 0.3 is 11.9 Å². The SMILES string of the molecule is CCC(C)C(C)(O)C(=O)OC(C)=O.[AlH3]. The first-order valence-corrected chi connectivity index (χ1v) is 4.27. The van der Waals surface area contributed by atoms with E-state index in [-0.39, 0.29) is 23.3 Å². The molecule has 1 N–H and O–H groups in total. The number of esters is 2. The first kappa shape index (κ1) is 16.1. The zero-order valence-electron chi connectivity index (χ0n) is 8.46. The number of carbonyl (C=O) groups excluding carboxylic acids is 2. The summed E-state index contributed by atoms with van der Waals surface area (Å²) in [5.41, 5.74) is -1.58. The molecule has 0 aromatic heterocycles. The third-order valence-corrected chi connectivity index (χ3v) is 2.22. The second-order valence-electron chi connectivity index (χ2n) is 3.34. The molecule has 0 aliphatic carbocycles. The fraction of sp³-hybridized carbons (Fsp3) is 0.778. The van der Waals surface area contributed by atoms with Gasteiger partial charge < -0.3 is 9.84 Å². The monoisotopic (exact) mass is 218 g/mol. The van der Waals surface area contributed by atoms with Crippen LogP contribution in [0.15, 0.2) is 0 Å². The van der Waals surface area contributed by atoms with Crippen LogP contribution in [0.3, 0.4) is 0 Å². The fourth-order valence-electron chi connectivity index (χ4n) is 0.833. The zero-order valence-corrected chi connectivity index (χ0v) is 8.46. The molecule has 2 atom stereocenters. The van der Waals surface area contributed by atoms with E-state index in [1.54, 1.807) is 6.92 Å². The Kier molecular flexibility index (Phi) is 7.10. The van der Waals surface area contributed by atoms with Gasteiger partial charge in [-0.05, 0) is 12.8 Å². The maximum absolute atomic E-state index is 11.2. The molecule has 0 saturated carbocycles. The van der Waals surface area contributed by atoms with E-state index in [0.29, 0.717) is 6.42 Å². The molecule has 82 valence electrons. The van der Waals surface area contributed by atoms with Crippen molar-refractivity contribution < 1.29 is 19.4 Å². The quantitative estimate of drug-likeness (QED) is 0.401. The smallest absolute Gasteiger partial charge is 0.345 e. The van der Waals surface area contributed by atoms with Crippen LogP contribution in [0.1, 0.15) is 34.1 Å². The summed E-state index contributed by atoms with van der Waals surface area (Å²) in [6.07, 6.45) is 0.639. The molecule has 0 spiro atoms. The normalized spacial score (nSPS) is 16.1. The highest BCUT2D eigenvalue weighted by Crippen LogP contribution is 2.21. The number of aliphatic hydroxyl groups is 1. The van der Waals surface area contributed by atoms with Gasteiger partial charge in [0.1, 0.15) is 0 Å². The van der Waals surface area contributed by atoms with Crippen LogP contribution < -0.4 is 0 Å². The molecule has 4 nitrogen and oxygen atoms in total. The molecule has 0 aliphatic heterocycles. The minimum atomic E-state index is -1.58. The van der Waals surface area contributed by atoms with Gasteiger partial charge in [0.15, 0.2) is 23.0 Å². The second kappa shape index (κ2) is 6.18. The van der Waals surface area contributed by atoms with Crippen molar-refractivity contribution in [3.63, 3.8) is 0 Å². The van der Waals surface area contributed by atoms with Crippen molar-refractivity contribution in [3.8, 4) is 0 Å². The van der Waals surface area contributed by atoms with Gasteiger partial charge in [0.05, 0.1) is 0 Å². The molecule has 0 amide bonds. The molecule has 0 aromatic rings. The van der Waals surface area contributed by atoms with Gasteiger partial charge in [-0.15, -0.1) is 0 Å². The van der Waals surface area contributed by atoms with Crippen molar-refractivity contribution >= 4 is 29.3 Å². The number of rotatable bonds is 3. The van der Waals surface area contributed by atoms with E-state index in [9.17, 15) is 14.7 Å². The maximum atomic E-state index is 11.2. The van der Waals surface area contributed by atoms with Crippen molar-refractivity contribution in [2.24, 2.45) is 5.92 Å². The Labute approximate surface area is 94.8 Å². The summed E-state index contributed by atoms with van der Waals surface area (Å²) < 4.78 is 4.31. The van der Waals surface area contributed by atoms with Crippen LogP contribution in [-0.4, -0.2) is 40.0 Å². The molecule has 0 rings (SSSR count). The maximum Gasteiger partial charge on any atom is 0.345 e. The molecule has 0 aliphatic rings. The first-order valence-electron chi connectivity index (χ1n) is 4.27. The van der Waals surface area contributed by atoms with Gasteiger partial charge in [-0.2, -0.15) is 0 Å². The summed E-state index contributed by atoms with van der Waals surface area (Å²) in [6, 6.07) is 0. The summed E-state index contributed by atoms with van der Waals surface area (Å²) in [5.74, 6) is -1.82. The lowest BCUT2D eigenvalue weighted by Gasteiger charge is -2.26. The number of ether oxygens (including phenoxy) is 1. The third kappa shape index (κ3) is 4.23. The van der Waals surface area contributed by atoms with Crippen LogP contribution >= 0.6 is 0 Å². The Morgan fingerprint density at radius 3 is 2.21 bits per heavy atom. The van der Waals surface area contributed by atoms with E-state index in [2.05, 4.69) is 4.74 Å². The Hall–Kier alpha value is -0.368. The van der Waals surface area contributed by atoms with Crippen LogP contribution in [0.2, 0.25) is 0 Å². The molecule has 0 radical (unpaired) electrons. The lowest BCUT2D eigenvalue weighted by Crippen LogP contribution is -2.43. The van der Waals surface area contributed by atoms with Crippen LogP contribution in [-0.2, 0) is 14.3 Å². The molecule has 0 fully saturated rings. The van der Waals surface area contributed by atoms with Crippen molar-refractivity contribution in [2.75, 3.05) is 0 Å². The molecule has 14 heavy (non-hydrogen) atoms. The van der Waals surface area contributed by atoms with Crippen LogP contribution in [0, 0.1) is 5.92 Å². The molecule has 0 aromatic carbocycles. The van der Waals surface area contributed by atoms with E-state index in [1.807, 2.05) is 6.92 Å². The summed E-state index contributed by atoms with van der Waals surface area (Å²) in [5, 5.41) is 9.67. The molecule has 0 heterocycles. The predicted octanol–water partition coefficient (Wildman–Crippen LogP) is -0.311. The largest absolute Gasteiger partial charge is 0.391 e. The van der Waals surface area contributed by atoms with Gasteiger partial charge in [0.2, 0.25) is 0 Å². The van der Waals surface area contributed by atoms with Crippen molar-refractivity contribution in [1.82, 2.24) is 0 Å². The summed E-state index contributed by atoms with van der Waals surface area (Å²) >= 11 is 0. The second-order valence-corrected chi connectivity index (χ2v) is 3.34. The Bertz CT molecular complexity index is 213. The van der Waals surface area contributed by atoms with Gasteiger partial charge in [-0.1, -0.05) is 20.3 Å². The van der Waals surface area contributed by atoms with Gasteiger partial charge in [-0.3, -0.25) is 4.79 Å². The van der Waals surface area contributed by atoms with Crippen LogP contribution in [0.4, 0.5) is 0 Å². The van der Waals surface area contributed by atoms with Crippen LogP contribution in [0.25, 0.3) is 0 Å². The van der Waals surface area contributed by atoms with E-state index >= 15 is 0 Å². The first-order chi connectivity index (χ1) is 5.82. The Morgan fingerprint density at radius 1 is 1.50 bits per heavy atom. The van der Waals surface area contributed by atoms with Crippen LogP contribution in [0.5, 0.6) is 0 Å². The molecule has 5 heteroatoms. The van der Waals surface area contributed by atoms with Crippen molar-refractivity contribution in [2.45, 2.75) is 39.7 Å². The molecule has 0 bridgehead atoms. The summed E-state index contributed by atoms with van der Waals surface area (Å²) in [7, 11) is 0. The average molecular weight is 218 g/mol. The highest BCUT2D eigenvalue weighted by atomic mass is 27.0. The third-order valence-electron chi connectivity index (χ3n) is 2.22. The molecular formula is C9H19AlO4. The molecule has 2 unspecified atom stereocenters.